The normalized spacial score (nSPS) is 15.7. The standard InChI is InChI=1S/C18H17F3N2O3S/c19-15-7-6-14(16(20)17(15)21)18(24)23-10-8-12(9-11-23)22-27(25,26)13-4-2-1-3-5-13/h1-7,12,22H,8-11H2. The monoisotopic (exact) mass is 398 g/mol. The summed E-state index contributed by atoms with van der Waals surface area (Å²) >= 11 is 0. The van der Waals surface area contributed by atoms with Crippen molar-refractivity contribution in [1.29, 1.82) is 0 Å². The van der Waals surface area contributed by atoms with Crippen LogP contribution in [-0.4, -0.2) is 38.4 Å². The minimum atomic E-state index is -3.67. The van der Waals surface area contributed by atoms with E-state index in [0.717, 1.165) is 6.07 Å². The van der Waals surface area contributed by atoms with Crippen molar-refractivity contribution in [1.82, 2.24) is 9.62 Å². The molecule has 1 heterocycles. The maximum absolute atomic E-state index is 13.8. The topological polar surface area (TPSA) is 66.5 Å². The van der Waals surface area contributed by atoms with Gasteiger partial charge in [0.05, 0.1) is 10.5 Å². The first-order chi connectivity index (χ1) is 12.8. The maximum atomic E-state index is 13.8. The summed E-state index contributed by atoms with van der Waals surface area (Å²) in [6, 6.07) is 9.12. The van der Waals surface area contributed by atoms with Crippen molar-refractivity contribution in [2.75, 3.05) is 13.1 Å². The highest BCUT2D eigenvalue weighted by Gasteiger charge is 2.29. The molecule has 0 aliphatic carbocycles. The van der Waals surface area contributed by atoms with Gasteiger partial charge in [-0.15, -0.1) is 0 Å². The minimum Gasteiger partial charge on any atom is -0.338 e. The molecule has 2 aromatic rings. The molecule has 0 atom stereocenters. The molecule has 2 aromatic carbocycles. The fourth-order valence-electron chi connectivity index (χ4n) is 2.95. The van der Waals surface area contributed by atoms with Crippen LogP contribution in [0.4, 0.5) is 13.2 Å². The molecule has 1 aliphatic heterocycles. The van der Waals surface area contributed by atoms with Gasteiger partial charge in [0.15, 0.2) is 17.5 Å². The highest BCUT2D eigenvalue weighted by atomic mass is 32.2. The summed E-state index contributed by atoms with van der Waals surface area (Å²) in [6.07, 6.45) is 0.645. The molecule has 144 valence electrons. The van der Waals surface area contributed by atoms with Crippen molar-refractivity contribution in [2.24, 2.45) is 0 Å². The number of carbonyl (C=O) groups excluding carboxylic acids is 1. The van der Waals surface area contributed by atoms with Crippen molar-refractivity contribution in [3.63, 3.8) is 0 Å². The minimum absolute atomic E-state index is 0.146. The second kappa shape index (κ2) is 7.69. The average Bonchev–Trinajstić information content (AvgIpc) is 2.67. The summed E-state index contributed by atoms with van der Waals surface area (Å²) in [5.41, 5.74) is -0.544. The molecule has 1 saturated heterocycles. The van der Waals surface area contributed by atoms with Gasteiger partial charge in [0.2, 0.25) is 10.0 Å². The zero-order chi connectivity index (χ0) is 19.6. The Morgan fingerprint density at radius 3 is 2.22 bits per heavy atom. The first kappa shape index (κ1) is 19.4. The average molecular weight is 398 g/mol. The van der Waals surface area contributed by atoms with Gasteiger partial charge in [-0.2, -0.15) is 0 Å². The van der Waals surface area contributed by atoms with Gasteiger partial charge in [0.1, 0.15) is 0 Å². The second-order valence-corrected chi connectivity index (χ2v) is 7.94. The van der Waals surface area contributed by atoms with Crippen molar-refractivity contribution in [3.8, 4) is 0 Å². The lowest BCUT2D eigenvalue weighted by atomic mass is 10.0. The lowest BCUT2D eigenvalue weighted by Crippen LogP contribution is -2.46. The molecular weight excluding hydrogens is 381 g/mol. The lowest BCUT2D eigenvalue weighted by Gasteiger charge is -2.32. The van der Waals surface area contributed by atoms with E-state index in [9.17, 15) is 26.4 Å². The lowest BCUT2D eigenvalue weighted by molar-refractivity contribution is 0.0705. The number of rotatable bonds is 4. The molecule has 0 aromatic heterocycles. The van der Waals surface area contributed by atoms with Crippen LogP contribution in [0.25, 0.3) is 0 Å². The smallest absolute Gasteiger partial charge is 0.256 e. The van der Waals surface area contributed by atoms with E-state index >= 15 is 0 Å². The van der Waals surface area contributed by atoms with Gasteiger partial charge in [-0.3, -0.25) is 4.79 Å². The Hall–Kier alpha value is -2.39. The molecule has 0 unspecified atom stereocenters. The molecule has 3 rings (SSSR count). The fraction of sp³-hybridized carbons (Fsp3) is 0.278. The van der Waals surface area contributed by atoms with E-state index in [-0.39, 0.29) is 24.0 Å². The van der Waals surface area contributed by atoms with Crippen LogP contribution < -0.4 is 4.72 Å². The Morgan fingerprint density at radius 2 is 1.59 bits per heavy atom. The van der Waals surface area contributed by atoms with Crippen LogP contribution in [-0.2, 0) is 10.0 Å². The molecule has 1 aliphatic rings. The van der Waals surface area contributed by atoms with Crippen LogP contribution in [0.5, 0.6) is 0 Å². The molecule has 1 fully saturated rings. The number of piperidine rings is 1. The van der Waals surface area contributed by atoms with Gasteiger partial charge in [-0.05, 0) is 37.1 Å². The van der Waals surface area contributed by atoms with Crippen LogP contribution in [0, 0.1) is 17.5 Å². The third-order valence-electron chi connectivity index (χ3n) is 4.42. The molecule has 0 saturated carbocycles. The second-order valence-electron chi connectivity index (χ2n) is 6.22. The van der Waals surface area contributed by atoms with Gasteiger partial charge < -0.3 is 4.90 Å². The third-order valence-corrected chi connectivity index (χ3v) is 5.96. The number of sulfonamides is 1. The van der Waals surface area contributed by atoms with Crippen molar-refractivity contribution < 1.29 is 26.4 Å². The number of hydrogen-bond acceptors (Lipinski definition) is 3. The summed E-state index contributed by atoms with van der Waals surface area (Å²) in [4.78, 5) is 13.8. The molecule has 0 radical (unpaired) electrons. The largest absolute Gasteiger partial charge is 0.338 e. The number of nitrogens with zero attached hydrogens (tertiary/aromatic N) is 1. The van der Waals surface area contributed by atoms with Crippen LogP contribution in [0.15, 0.2) is 47.4 Å². The van der Waals surface area contributed by atoms with Crippen molar-refractivity contribution in [2.45, 2.75) is 23.8 Å². The predicted octanol–water partition coefficient (Wildman–Crippen LogP) is 2.69. The Labute approximate surface area is 154 Å². The molecule has 9 heteroatoms. The Kier molecular flexibility index (Phi) is 5.52. The molecule has 1 amide bonds. The van der Waals surface area contributed by atoms with Crippen LogP contribution >= 0.6 is 0 Å². The first-order valence-corrected chi connectivity index (χ1v) is 9.78. The number of nitrogens with one attached hydrogen (secondary N) is 1. The molecule has 27 heavy (non-hydrogen) atoms. The number of carbonyl (C=O) groups is 1. The van der Waals surface area contributed by atoms with Gasteiger partial charge in [-0.25, -0.2) is 26.3 Å². The Bertz CT molecular complexity index is 944. The first-order valence-electron chi connectivity index (χ1n) is 8.30. The number of likely N-dealkylation sites (tertiary alicyclic amines) is 1. The third kappa shape index (κ3) is 4.14. The van der Waals surface area contributed by atoms with Gasteiger partial charge in [0, 0.05) is 19.1 Å². The zero-order valence-corrected chi connectivity index (χ0v) is 15.0. The van der Waals surface area contributed by atoms with Gasteiger partial charge in [0.25, 0.3) is 5.91 Å². The maximum Gasteiger partial charge on any atom is 0.256 e. The Morgan fingerprint density at radius 1 is 0.963 bits per heavy atom. The molecular formula is C18H17F3N2O3S. The molecule has 0 spiro atoms. The summed E-state index contributed by atoms with van der Waals surface area (Å²) in [7, 11) is -3.67. The zero-order valence-electron chi connectivity index (χ0n) is 14.2. The summed E-state index contributed by atoms with van der Waals surface area (Å²) in [5.74, 6) is -5.33. The summed E-state index contributed by atoms with van der Waals surface area (Å²) < 4.78 is 67.4. The summed E-state index contributed by atoms with van der Waals surface area (Å²) in [6.45, 7) is 0.332. The fourth-order valence-corrected chi connectivity index (χ4v) is 4.28. The van der Waals surface area contributed by atoms with Crippen molar-refractivity contribution in [3.05, 3.63) is 65.5 Å². The van der Waals surface area contributed by atoms with E-state index in [4.69, 9.17) is 0 Å². The Balaban J connectivity index is 1.64. The molecule has 5 nitrogen and oxygen atoms in total. The molecule has 0 bridgehead atoms. The van der Waals surface area contributed by atoms with E-state index in [0.29, 0.717) is 18.9 Å². The number of hydrogen-bond donors (Lipinski definition) is 1. The van der Waals surface area contributed by atoms with Gasteiger partial charge in [-0.1, -0.05) is 18.2 Å². The van der Waals surface area contributed by atoms with Crippen LogP contribution in [0.2, 0.25) is 0 Å². The highest BCUT2D eigenvalue weighted by Crippen LogP contribution is 2.20. The SMILES string of the molecule is O=C(c1ccc(F)c(F)c1F)N1CCC(NS(=O)(=O)c2ccccc2)CC1. The van der Waals surface area contributed by atoms with E-state index in [1.165, 1.54) is 17.0 Å². The van der Waals surface area contributed by atoms with Crippen molar-refractivity contribution >= 4 is 15.9 Å². The van der Waals surface area contributed by atoms with Crippen LogP contribution in [0.1, 0.15) is 23.2 Å². The van der Waals surface area contributed by atoms with Gasteiger partial charge >= 0.3 is 0 Å². The molecule has 1 N–H and O–H groups in total. The van der Waals surface area contributed by atoms with E-state index in [1.54, 1.807) is 18.2 Å². The van der Waals surface area contributed by atoms with Crippen LogP contribution in [0.3, 0.4) is 0 Å². The van der Waals surface area contributed by atoms with E-state index in [2.05, 4.69) is 4.72 Å². The highest BCUT2D eigenvalue weighted by molar-refractivity contribution is 7.89. The summed E-state index contributed by atoms with van der Waals surface area (Å²) in [5, 5.41) is 0. The van der Waals surface area contributed by atoms with E-state index in [1.807, 2.05) is 0 Å². The number of benzene rings is 2. The predicted molar refractivity (Wildman–Crippen MR) is 92.0 cm³/mol. The number of amides is 1. The quantitative estimate of drug-likeness (QED) is 0.806. The number of halogens is 3. The van der Waals surface area contributed by atoms with E-state index < -0.39 is 38.9 Å².